The molecular formula is C29H22ClNO4S. The van der Waals surface area contributed by atoms with Crippen molar-refractivity contribution in [2.45, 2.75) is 13.2 Å². The number of amides is 2. The number of nitrogens with zero attached hydrogens (tertiary/aromatic N) is 1. The number of benzene rings is 4. The van der Waals surface area contributed by atoms with E-state index in [1.807, 2.05) is 72.8 Å². The third-order valence-electron chi connectivity index (χ3n) is 5.87. The van der Waals surface area contributed by atoms with Crippen LogP contribution >= 0.6 is 23.4 Å². The third-order valence-corrected chi connectivity index (χ3v) is 7.15. The first kappa shape index (κ1) is 24.0. The van der Waals surface area contributed by atoms with Gasteiger partial charge in [-0.05, 0) is 52.4 Å². The van der Waals surface area contributed by atoms with Gasteiger partial charge in [0.1, 0.15) is 6.61 Å². The van der Waals surface area contributed by atoms with Crippen LogP contribution in [0.15, 0.2) is 89.8 Å². The Kier molecular flexibility index (Phi) is 6.98. The van der Waals surface area contributed by atoms with Crippen molar-refractivity contribution >= 4 is 51.4 Å². The first-order chi connectivity index (χ1) is 17.5. The molecule has 0 bridgehead atoms. The lowest BCUT2D eigenvalue weighted by Gasteiger charge is -2.15. The van der Waals surface area contributed by atoms with Crippen molar-refractivity contribution in [1.82, 2.24) is 4.90 Å². The fourth-order valence-corrected chi connectivity index (χ4v) is 5.04. The highest BCUT2D eigenvalue weighted by Gasteiger charge is 2.35. The van der Waals surface area contributed by atoms with E-state index in [4.69, 9.17) is 21.1 Å². The number of ether oxygens (including phenoxy) is 2. The minimum atomic E-state index is -0.335. The molecule has 4 aromatic rings. The maximum atomic E-state index is 13.2. The van der Waals surface area contributed by atoms with Crippen molar-refractivity contribution in [3.8, 4) is 11.5 Å². The summed E-state index contributed by atoms with van der Waals surface area (Å²) in [6.07, 6.45) is 1.68. The highest BCUT2D eigenvalue weighted by atomic mass is 35.5. The molecule has 36 heavy (non-hydrogen) atoms. The molecule has 0 spiro atoms. The molecule has 1 aliphatic heterocycles. The molecule has 0 atom stereocenters. The molecule has 0 radical (unpaired) electrons. The van der Waals surface area contributed by atoms with Gasteiger partial charge in [0.05, 0.1) is 18.6 Å². The summed E-state index contributed by atoms with van der Waals surface area (Å²) < 4.78 is 11.6. The molecule has 1 saturated heterocycles. The van der Waals surface area contributed by atoms with Crippen LogP contribution in [0.4, 0.5) is 4.79 Å². The van der Waals surface area contributed by atoms with Crippen LogP contribution in [0.2, 0.25) is 5.02 Å². The van der Waals surface area contributed by atoms with Gasteiger partial charge in [-0.1, -0.05) is 78.3 Å². The number of hydrogen-bond acceptors (Lipinski definition) is 5. The Labute approximate surface area is 218 Å². The zero-order chi connectivity index (χ0) is 25.1. The van der Waals surface area contributed by atoms with E-state index < -0.39 is 0 Å². The van der Waals surface area contributed by atoms with Gasteiger partial charge in [0.15, 0.2) is 11.5 Å². The maximum absolute atomic E-state index is 13.2. The molecule has 0 N–H and O–H groups in total. The molecule has 7 heteroatoms. The summed E-state index contributed by atoms with van der Waals surface area (Å²) in [6.45, 7) is 0.436. The van der Waals surface area contributed by atoms with Crippen LogP contribution in [-0.4, -0.2) is 23.2 Å². The van der Waals surface area contributed by atoms with Gasteiger partial charge in [0.25, 0.3) is 11.1 Å². The van der Waals surface area contributed by atoms with Crippen molar-refractivity contribution < 1.29 is 19.1 Å². The average Bonchev–Trinajstić information content (AvgIpc) is 3.15. The number of carbonyl (C=O) groups is 2. The number of carbonyl (C=O) groups excluding carboxylic acids is 2. The average molecular weight is 516 g/mol. The monoisotopic (exact) mass is 515 g/mol. The fraction of sp³-hybridized carbons (Fsp3) is 0.103. The molecule has 4 aromatic carbocycles. The van der Waals surface area contributed by atoms with Crippen molar-refractivity contribution in [2.24, 2.45) is 0 Å². The summed E-state index contributed by atoms with van der Waals surface area (Å²) in [5, 5.41) is 2.47. The molecular weight excluding hydrogens is 494 g/mol. The van der Waals surface area contributed by atoms with Gasteiger partial charge >= 0.3 is 0 Å². The number of hydrogen-bond donors (Lipinski definition) is 0. The van der Waals surface area contributed by atoms with Gasteiger partial charge in [-0.15, -0.1) is 0 Å². The molecule has 1 fully saturated rings. The Morgan fingerprint density at radius 2 is 1.69 bits per heavy atom. The number of methoxy groups -OCH3 is 1. The highest BCUT2D eigenvalue weighted by Crippen LogP contribution is 2.38. The van der Waals surface area contributed by atoms with Crippen LogP contribution in [0.3, 0.4) is 0 Å². The maximum Gasteiger partial charge on any atom is 0.293 e. The van der Waals surface area contributed by atoms with E-state index in [1.54, 1.807) is 25.3 Å². The van der Waals surface area contributed by atoms with Crippen molar-refractivity contribution in [3.63, 3.8) is 0 Å². The summed E-state index contributed by atoms with van der Waals surface area (Å²) in [5.41, 5.74) is 2.35. The first-order valence-electron chi connectivity index (χ1n) is 11.3. The second kappa shape index (κ2) is 10.5. The zero-order valence-corrected chi connectivity index (χ0v) is 21.0. The molecule has 5 nitrogen and oxygen atoms in total. The molecule has 0 saturated carbocycles. The van der Waals surface area contributed by atoms with Gasteiger partial charge < -0.3 is 9.47 Å². The lowest BCUT2D eigenvalue weighted by Crippen LogP contribution is -2.27. The summed E-state index contributed by atoms with van der Waals surface area (Å²) in [5.74, 6) is 0.658. The third kappa shape index (κ3) is 4.96. The Morgan fingerprint density at radius 3 is 2.50 bits per heavy atom. The molecule has 0 aromatic heterocycles. The van der Waals surface area contributed by atoms with Gasteiger partial charge in [0.2, 0.25) is 0 Å². The molecule has 0 unspecified atom stereocenters. The molecule has 2 amide bonds. The van der Waals surface area contributed by atoms with E-state index in [0.29, 0.717) is 27.0 Å². The molecule has 180 valence electrons. The van der Waals surface area contributed by atoms with Crippen LogP contribution in [0.5, 0.6) is 11.5 Å². The Hall–Kier alpha value is -3.74. The highest BCUT2D eigenvalue weighted by molar-refractivity contribution is 8.18. The number of rotatable bonds is 7. The van der Waals surface area contributed by atoms with Gasteiger partial charge in [-0.2, -0.15) is 0 Å². The molecule has 1 heterocycles. The van der Waals surface area contributed by atoms with E-state index in [2.05, 4.69) is 0 Å². The van der Waals surface area contributed by atoms with Gasteiger partial charge in [0, 0.05) is 16.1 Å². The predicted molar refractivity (Wildman–Crippen MR) is 144 cm³/mol. The summed E-state index contributed by atoms with van der Waals surface area (Å²) in [6, 6.07) is 26.8. The number of halogens is 1. The molecule has 0 aliphatic carbocycles. The minimum Gasteiger partial charge on any atom is -0.493 e. The number of imide groups is 1. The van der Waals surface area contributed by atoms with Crippen LogP contribution in [0.1, 0.15) is 16.7 Å². The lowest BCUT2D eigenvalue weighted by molar-refractivity contribution is -0.123. The van der Waals surface area contributed by atoms with Gasteiger partial charge in [-0.25, -0.2) is 0 Å². The second-order valence-electron chi connectivity index (χ2n) is 8.21. The van der Waals surface area contributed by atoms with Crippen LogP contribution < -0.4 is 9.47 Å². The Morgan fingerprint density at radius 1 is 0.917 bits per heavy atom. The van der Waals surface area contributed by atoms with E-state index in [1.165, 1.54) is 4.90 Å². The fourth-order valence-electron chi connectivity index (χ4n) is 4.02. The number of thioether (sulfide) groups is 1. The molecule has 1 aliphatic rings. The van der Waals surface area contributed by atoms with Crippen LogP contribution in [0.25, 0.3) is 16.8 Å². The van der Waals surface area contributed by atoms with E-state index >= 15 is 0 Å². The predicted octanol–water partition coefficient (Wildman–Crippen LogP) is 7.32. The van der Waals surface area contributed by atoms with Gasteiger partial charge in [-0.3, -0.25) is 14.5 Å². The zero-order valence-electron chi connectivity index (χ0n) is 19.4. The lowest BCUT2D eigenvalue weighted by atomic mass is 10.1. The summed E-state index contributed by atoms with van der Waals surface area (Å²) in [4.78, 5) is 27.6. The Balaban J connectivity index is 1.40. The smallest absolute Gasteiger partial charge is 0.293 e. The summed E-state index contributed by atoms with van der Waals surface area (Å²) in [7, 11) is 1.55. The summed E-state index contributed by atoms with van der Waals surface area (Å²) >= 11 is 7.20. The van der Waals surface area contributed by atoms with Crippen molar-refractivity contribution in [2.75, 3.05) is 7.11 Å². The standard InChI is InChI=1S/C29H22ClNO4S/c1-34-25-12-6-10-22(27(25)35-18-23-9-4-5-11-24(23)30)16-26-28(32)31(29(33)36-26)17-19-13-14-20-7-2-3-8-21(20)15-19/h2-16H,17-18H2,1H3/b26-16-. The van der Waals surface area contributed by atoms with E-state index in [-0.39, 0.29) is 24.3 Å². The topological polar surface area (TPSA) is 55.8 Å². The number of fused-ring (bicyclic) bond motifs is 1. The first-order valence-corrected chi connectivity index (χ1v) is 12.5. The van der Waals surface area contributed by atoms with E-state index in [0.717, 1.165) is 33.7 Å². The normalized spacial score (nSPS) is 14.6. The quantitative estimate of drug-likeness (QED) is 0.241. The van der Waals surface area contributed by atoms with Crippen LogP contribution in [-0.2, 0) is 17.9 Å². The largest absolute Gasteiger partial charge is 0.493 e. The molecule has 5 rings (SSSR count). The van der Waals surface area contributed by atoms with Crippen molar-refractivity contribution in [3.05, 3.63) is 112 Å². The van der Waals surface area contributed by atoms with Crippen LogP contribution in [0, 0.1) is 0 Å². The SMILES string of the molecule is COc1cccc(/C=C2\SC(=O)N(Cc3ccc4ccccc4c3)C2=O)c1OCc1ccccc1Cl. The number of para-hydroxylation sites is 1. The van der Waals surface area contributed by atoms with Crippen molar-refractivity contribution in [1.29, 1.82) is 0 Å². The Bertz CT molecular complexity index is 1500. The second-order valence-corrected chi connectivity index (χ2v) is 9.61. The minimum absolute atomic E-state index is 0.209. The van der Waals surface area contributed by atoms with E-state index in [9.17, 15) is 9.59 Å².